The molecule has 15 rings (SSSR count). The first kappa shape index (κ1) is 111. The number of ether oxygens (including phenoxy) is 6. The van der Waals surface area contributed by atoms with Gasteiger partial charge in [-0.15, -0.1) is 0 Å². The van der Waals surface area contributed by atoms with Gasteiger partial charge in [-0.05, 0) is 338 Å². The fourth-order valence-electron chi connectivity index (χ4n) is 18.6. The molecular weight excluding hydrogens is 1950 g/mol. The molecule has 0 saturated carbocycles. The zero-order valence-electron chi connectivity index (χ0n) is 88.7. The van der Waals surface area contributed by atoms with Gasteiger partial charge >= 0.3 is 20.1 Å². The smallest absolute Gasteiger partial charge is 0.493 e. The van der Waals surface area contributed by atoms with Crippen LogP contribution in [0.3, 0.4) is 0 Å². The summed E-state index contributed by atoms with van der Waals surface area (Å²) in [5, 5.41) is 0. The molecule has 756 valence electrons. The third-order valence-electron chi connectivity index (χ3n) is 28.6. The minimum atomic E-state index is 0. The van der Waals surface area contributed by atoms with Crippen LogP contribution >= 0.6 is 0 Å². The number of unbranched alkanes of at least 4 members (excludes halogenated alkanes) is 6. The van der Waals surface area contributed by atoms with Crippen LogP contribution in [0.2, 0.25) is 0 Å². The Labute approximate surface area is 884 Å². The van der Waals surface area contributed by atoms with E-state index >= 15 is 0 Å². The van der Waals surface area contributed by atoms with Gasteiger partial charge in [-0.3, -0.25) is 15.0 Å². The predicted molar refractivity (Wildman–Crippen MR) is 611 cm³/mol. The Morgan fingerprint density at radius 2 is 0.303 bits per heavy atom. The first-order valence-corrected chi connectivity index (χ1v) is 54.7. The number of rotatable bonds is 54. The number of aromatic nitrogens is 3. The minimum Gasteiger partial charge on any atom is -0.493 e. The molecule has 9 nitrogen and oxygen atoms in total. The van der Waals surface area contributed by atoms with E-state index in [2.05, 4.69) is 389 Å². The standard InChI is InChI=1S/3C45H53NO2.Ir/c3*1-5-9-13-34(7-3)32-47-43-24-20-37(21-25-43)41-29-40(36-16-18-39(19-17-36)45-15-11-12-28-46-45)30-42(31-41)38-22-26-44(27-23-38)48-33-35(8-4)14-10-6-2;/h3*11-12,15-31,34-35H,5-10,13-14,32-33H2,1-4H3;/q;;;+3. The van der Waals surface area contributed by atoms with Crippen molar-refractivity contribution in [2.75, 3.05) is 39.6 Å². The van der Waals surface area contributed by atoms with Gasteiger partial charge in [-0.2, -0.15) is 0 Å². The molecule has 0 radical (unpaired) electrons. The van der Waals surface area contributed by atoms with Crippen molar-refractivity contribution in [2.45, 2.75) is 237 Å². The quantitative estimate of drug-likeness (QED) is 0.0369. The summed E-state index contributed by atoms with van der Waals surface area (Å²) >= 11 is 0. The van der Waals surface area contributed by atoms with E-state index < -0.39 is 0 Å². The molecule has 0 bridgehead atoms. The minimum absolute atomic E-state index is 0. The Bertz CT molecular complexity index is 5300. The number of nitrogens with zero attached hydrogens (tertiary/aromatic N) is 3. The Hall–Kier alpha value is -12.5. The van der Waals surface area contributed by atoms with Crippen molar-refractivity contribution < 1.29 is 48.5 Å². The maximum atomic E-state index is 6.24. The second-order valence-electron chi connectivity index (χ2n) is 39.3. The summed E-state index contributed by atoms with van der Waals surface area (Å²) in [7, 11) is 0. The largest absolute Gasteiger partial charge is 3.00 e. The van der Waals surface area contributed by atoms with Crippen LogP contribution < -0.4 is 28.4 Å². The van der Waals surface area contributed by atoms with E-state index in [1.165, 1.54) is 216 Å². The normalized spacial score (nSPS) is 12.3. The van der Waals surface area contributed by atoms with Crippen molar-refractivity contribution >= 4 is 0 Å². The number of hydrogen-bond donors (Lipinski definition) is 0. The Morgan fingerprint density at radius 3 is 0.428 bits per heavy atom. The molecule has 0 saturated heterocycles. The van der Waals surface area contributed by atoms with Crippen molar-refractivity contribution in [2.24, 2.45) is 35.5 Å². The van der Waals surface area contributed by atoms with Crippen molar-refractivity contribution in [3.8, 4) is 168 Å². The molecule has 0 fully saturated rings. The Morgan fingerprint density at radius 1 is 0.166 bits per heavy atom. The zero-order chi connectivity index (χ0) is 101. The maximum Gasteiger partial charge on any atom is 3.00 e. The second-order valence-corrected chi connectivity index (χ2v) is 39.3. The topological polar surface area (TPSA) is 94.1 Å². The second kappa shape index (κ2) is 61.1. The summed E-state index contributed by atoms with van der Waals surface area (Å²) in [4.78, 5) is 13.6. The number of hydrogen-bond acceptors (Lipinski definition) is 9. The SMILES string of the molecule is CCCCC(CC)COc1ccc(-c2cc(-c3ccc(OCC(CC)CCCC)cc3)cc(-c3ccc(-c4ccccn4)cc3)c2)cc1.CCCCC(CC)COc1ccc(-c2cc(-c3ccc(OCC(CC)CCCC)cc3)cc(-c3ccc(-c4ccccn4)cc3)c2)cc1.CCCCC(CC)COc1ccc(-c2cc(-c3ccc(OCC(CC)CCCC)cc3)cc(-c3ccc(-c4ccccn4)cc3)c2)cc1.[Ir+3]. The summed E-state index contributed by atoms with van der Waals surface area (Å²) < 4.78 is 37.4. The van der Waals surface area contributed by atoms with E-state index in [0.717, 1.165) is 146 Å². The average Bonchev–Trinajstić information content (AvgIpc) is 0.801. The third kappa shape index (κ3) is 34.9. The van der Waals surface area contributed by atoms with Gasteiger partial charge in [0.25, 0.3) is 0 Å². The van der Waals surface area contributed by atoms with Crippen molar-refractivity contribution in [3.63, 3.8) is 0 Å². The van der Waals surface area contributed by atoms with Crippen LogP contribution in [0.1, 0.15) is 237 Å². The Kier molecular flexibility index (Phi) is 46.9. The Balaban J connectivity index is 0.000000193. The molecule has 0 aliphatic carbocycles. The summed E-state index contributed by atoms with van der Waals surface area (Å²) in [6, 6.07) is 117. The van der Waals surface area contributed by atoms with Gasteiger partial charge in [0.1, 0.15) is 34.5 Å². The van der Waals surface area contributed by atoms with Crippen molar-refractivity contribution in [3.05, 3.63) is 346 Å². The zero-order valence-corrected chi connectivity index (χ0v) is 91.1. The van der Waals surface area contributed by atoms with Crippen molar-refractivity contribution in [1.29, 1.82) is 0 Å². The van der Waals surface area contributed by atoms with Crippen LogP contribution in [0.15, 0.2) is 346 Å². The van der Waals surface area contributed by atoms with Gasteiger partial charge in [0.2, 0.25) is 0 Å². The van der Waals surface area contributed by atoms with Crippen LogP contribution in [0, 0.1) is 35.5 Å². The molecule has 12 aromatic carbocycles. The predicted octanol–water partition coefficient (Wildman–Crippen LogP) is 38.8. The van der Waals surface area contributed by atoms with E-state index in [1.54, 1.807) is 0 Å². The molecule has 10 heteroatoms. The molecule has 0 N–H and O–H groups in total. The molecule has 6 unspecified atom stereocenters. The van der Waals surface area contributed by atoms with Gasteiger partial charge in [0.15, 0.2) is 0 Å². The molecule has 6 atom stereocenters. The van der Waals surface area contributed by atoms with E-state index in [-0.39, 0.29) is 20.1 Å². The van der Waals surface area contributed by atoms with Crippen LogP contribution in [-0.2, 0) is 20.1 Å². The molecule has 15 aromatic rings. The van der Waals surface area contributed by atoms with Gasteiger partial charge in [0.05, 0.1) is 56.7 Å². The number of benzene rings is 12. The van der Waals surface area contributed by atoms with Gasteiger partial charge < -0.3 is 28.4 Å². The van der Waals surface area contributed by atoms with Gasteiger partial charge in [0, 0.05) is 35.3 Å². The van der Waals surface area contributed by atoms with Gasteiger partial charge in [-0.1, -0.05) is 362 Å². The number of pyridine rings is 3. The van der Waals surface area contributed by atoms with E-state index in [4.69, 9.17) is 28.4 Å². The van der Waals surface area contributed by atoms with Crippen LogP contribution in [0.5, 0.6) is 34.5 Å². The van der Waals surface area contributed by atoms with E-state index in [1.807, 2.05) is 55.0 Å². The maximum absolute atomic E-state index is 6.24. The van der Waals surface area contributed by atoms with E-state index in [9.17, 15) is 0 Å². The fourth-order valence-corrected chi connectivity index (χ4v) is 18.6. The molecule has 3 heterocycles. The molecule has 0 amide bonds. The molecule has 0 spiro atoms. The molecule has 145 heavy (non-hydrogen) atoms. The molecular formula is C135H159IrN3O6+3. The summed E-state index contributed by atoms with van der Waals surface area (Å²) in [6.07, 6.45) is 34.8. The van der Waals surface area contributed by atoms with Crippen LogP contribution in [0.25, 0.3) is 134 Å². The van der Waals surface area contributed by atoms with Crippen LogP contribution in [0.4, 0.5) is 0 Å². The van der Waals surface area contributed by atoms with Crippen molar-refractivity contribution in [1.82, 2.24) is 15.0 Å². The third-order valence-corrected chi connectivity index (χ3v) is 28.6. The summed E-state index contributed by atoms with van der Waals surface area (Å²) in [5.41, 5.74) is 27.5. The molecule has 0 aliphatic heterocycles. The molecule has 3 aromatic heterocycles. The first-order valence-electron chi connectivity index (χ1n) is 54.7. The summed E-state index contributed by atoms with van der Waals surface area (Å²) in [6.45, 7) is 31.8. The van der Waals surface area contributed by atoms with Crippen LogP contribution in [-0.4, -0.2) is 54.6 Å². The van der Waals surface area contributed by atoms with E-state index in [0.29, 0.717) is 35.5 Å². The fraction of sp³-hybridized carbons (Fsp3) is 0.356. The average molecular weight is 2110 g/mol. The van der Waals surface area contributed by atoms with Gasteiger partial charge in [-0.25, -0.2) is 0 Å². The first-order chi connectivity index (χ1) is 70.8. The monoisotopic (exact) mass is 2110 g/mol. The molecule has 0 aliphatic rings. The summed E-state index contributed by atoms with van der Waals surface area (Å²) in [5.74, 6) is 9.28.